The summed E-state index contributed by atoms with van der Waals surface area (Å²) in [5, 5.41) is 10.8. The first-order valence-corrected chi connectivity index (χ1v) is 13.7. The molecule has 1 atom stereocenters. The maximum absolute atomic E-state index is 14.2. The van der Waals surface area contributed by atoms with Crippen LogP contribution in [-0.4, -0.2) is 36.6 Å². The molecule has 0 aromatic heterocycles. The van der Waals surface area contributed by atoms with Gasteiger partial charge in [-0.05, 0) is 60.0 Å². The maximum Gasteiger partial charge on any atom is 0.252 e. The lowest BCUT2D eigenvalue weighted by molar-refractivity contribution is -0.122. The van der Waals surface area contributed by atoms with Gasteiger partial charge in [0, 0.05) is 6.04 Å². The molecule has 3 aromatic carbocycles. The number of amides is 2. The van der Waals surface area contributed by atoms with Crippen LogP contribution in [0.4, 0.5) is 5.69 Å². The first-order valence-electron chi connectivity index (χ1n) is 12.3. The van der Waals surface area contributed by atoms with E-state index in [1.165, 1.54) is 16.4 Å². The van der Waals surface area contributed by atoms with Gasteiger partial charge < -0.3 is 0 Å². The topological polar surface area (TPSA) is 98.5 Å². The van der Waals surface area contributed by atoms with E-state index >= 15 is 0 Å². The summed E-state index contributed by atoms with van der Waals surface area (Å²) in [6.45, 7) is 0. The van der Waals surface area contributed by atoms with Crippen LogP contribution in [0.25, 0.3) is 10.8 Å². The second-order valence-corrected chi connectivity index (χ2v) is 11.3. The fourth-order valence-corrected chi connectivity index (χ4v) is 7.21. The minimum absolute atomic E-state index is 0.127. The smallest absolute Gasteiger partial charge is 0.252 e. The van der Waals surface area contributed by atoms with Gasteiger partial charge in [0.2, 0.25) is 15.9 Å². The van der Waals surface area contributed by atoms with E-state index in [9.17, 15) is 18.0 Å². The number of anilines is 1. The number of benzene rings is 3. The van der Waals surface area contributed by atoms with Crippen molar-refractivity contribution >= 4 is 38.3 Å². The van der Waals surface area contributed by atoms with Crippen LogP contribution in [0, 0.1) is 11.3 Å². The normalized spacial score (nSPS) is 19.6. The van der Waals surface area contributed by atoms with E-state index in [1.54, 1.807) is 30.3 Å². The molecule has 2 amide bonds. The van der Waals surface area contributed by atoms with Crippen molar-refractivity contribution < 1.29 is 18.0 Å². The van der Waals surface area contributed by atoms with Crippen molar-refractivity contribution in [2.24, 2.45) is 0 Å². The number of hydrogen-bond acceptors (Lipinski definition) is 5. The van der Waals surface area contributed by atoms with Crippen LogP contribution in [0.5, 0.6) is 0 Å². The molecular weight excluding hydrogens is 474 g/mol. The summed E-state index contributed by atoms with van der Waals surface area (Å²) in [6.07, 6.45) is 4.90. The van der Waals surface area contributed by atoms with Gasteiger partial charge in [0.15, 0.2) is 0 Å². The molecule has 2 fully saturated rings. The van der Waals surface area contributed by atoms with Gasteiger partial charge in [-0.15, -0.1) is 0 Å². The number of sulfonamides is 1. The Morgan fingerprint density at radius 3 is 2.19 bits per heavy atom. The van der Waals surface area contributed by atoms with Crippen molar-refractivity contribution in [2.75, 3.05) is 4.90 Å². The number of hydrogen-bond donors (Lipinski definition) is 0. The number of nitriles is 1. The average Bonchev–Trinajstić information content (AvgIpc) is 3.05. The second-order valence-electron chi connectivity index (χ2n) is 9.44. The Balaban J connectivity index is 1.56. The van der Waals surface area contributed by atoms with Crippen LogP contribution >= 0.6 is 0 Å². The monoisotopic (exact) mass is 501 g/mol. The molecule has 36 heavy (non-hydrogen) atoms. The number of nitrogens with zero attached hydrogens (tertiary/aromatic N) is 3. The van der Waals surface area contributed by atoms with Crippen molar-refractivity contribution in [1.29, 1.82) is 5.26 Å². The van der Waals surface area contributed by atoms with Crippen LogP contribution in [0.2, 0.25) is 0 Å². The second kappa shape index (κ2) is 9.84. The highest BCUT2D eigenvalue weighted by molar-refractivity contribution is 7.89. The van der Waals surface area contributed by atoms with Gasteiger partial charge in [-0.3, -0.25) is 9.59 Å². The third-order valence-electron chi connectivity index (χ3n) is 7.17. The Kier molecular flexibility index (Phi) is 6.61. The van der Waals surface area contributed by atoms with Crippen LogP contribution in [0.15, 0.2) is 71.6 Å². The van der Waals surface area contributed by atoms with E-state index in [4.69, 9.17) is 5.26 Å². The zero-order valence-corrected chi connectivity index (χ0v) is 20.7. The number of carbonyl (C=O) groups excluding carboxylic acids is 2. The van der Waals surface area contributed by atoms with E-state index in [0.717, 1.165) is 41.4 Å². The maximum atomic E-state index is 14.2. The first kappa shape index (κ1) is 24.2. The fraction of sp³-hybridized carbons (Fsp3) is 0.321. The molecular formula is C28H27N3O4S. The summed E-state index contributed by atoms with van der Waals surface area (Å²) in [4.78, 5) is 27.9. The van der Waals surface area contributed by atoms with Crippen molar-refractivity contribution in [2.45, 2.75) is 61.9 Å². The van der Waals surface area contributed by atoms with Gasteiger partial charge >= 0.3 is 0 Å². The molecule has 1 saturated carbocycles. The van der Waals surface area contributed by atoms with Gasteiger partial charge in [-0.2, -0.15) is 9.57 Å². The molecule has 184 valence electrons. The van der Waals surface area contributed by atoms with E-state index in [0.29, 0.717) is 24.1 Å². The number of imide groups is 1. The zero-order chi connectivity index (χ0) is 25.3. The van der Waals surface area contributed by atoms with Gasteiger partial charge in [0.1, 0.15) is 6.04 Å². The van der Waals surface area contributed by atoms with Crippen molar-refractivity contribution in [3.63, 3.8) is 0 Å². The molecule has 0 bridgehead atoms. The summed E-state index contributed by atoms with van der Waals surface area (Å²) >= 11 is 0. The quantitative estimate of drug-likeness (QED) is 0.371. The molecule has 0 radical (unpaired) electrons. The highest BCUT2D eigenvalue weighted by atomic mass is 32.2. The number of carbonyl (C=O) groups is 2. The Morgan fingerprint density at radius 2 is 1.53 bits per heavy atom. The molecule has 1 unspecified atom stereocenters. The molecule has 3 aromatic rings. The summed E-state index contributed by atoms with van der Waals surface area (Å²) in [6, 6.07) is 19.3. The van der Waals surface area contributed by atoms with Crippen LogP contribution in [0.1, 0.15) is 50.5 Å². The molecule has 5 rings (SSSR count). The lowest BCUT2D eigenvalue weighted by atomic mass is 10.1. The Bertz CT molecular complexity index is 1450. The van der Waals surface area contributed by atoms with Crippen LogP contribution in [-0.2, 0) is 19.6 Å². The molecule has 2 aliphatic rings. The predicted octanol–water partition coefficient (Wildman–Crippen LogP) is 4.76. The van der Waals surface area contributed by atoms with E-state index in [1.807, 2.05) is 30.3 Å². The third kappa shape index (κ3) is 4.41. The number of rotatable bonds is 5. The van der Waals surface area contributed by atoms with Crippen molar-refractivity contribution in [3.05, 3.63) is 72.3 Å². The lowest BCUT2D eigenvalue weighted by Gasteiger charge is -2.34. The van der Waals surface area contributed by atoms with Crippen molar-refractivity contribution in [1.82, 2.24) is 4.31 Å². The highest BCUT2D eigenvalue weighted by Gasteiger charge is 2.49. The summed E-state index contributed by atoms with van der Waals surface area (Å²) in [7, 11) is -4.07. The third-order valence-corrected chi connectivity index (χ3v) is 9.12. The SMILES string of the molecule is N#Cc1ccc(N2C(=O)CC(N(C3CCCCCC3)S(=O)(=O)c3ccc4ccccc4c3)C2=O)cc1. The molecule has 1 aliphatic carbocycles. The predicted molar refractivity (Wildman–Crippen MR) is 137 cm³/mol. The van der Waals surface area contributed by atoms with Gasteiger partial charge in [0.25, 0.3) is 5.91 Å². The van der Waals surface area contributed by atoms with E-state index in [2.05, 4.69) is 0 Å². The minimum atomic E-state index is -4.07. The highest BCUT2D eigenvalue weighted by Crippen LogP contribution is 2.35. The van der Waals surface area contributed by atoms with E-state index in [-0.39, 0.29) is 17.4 Å². The summed E-state index contributed by atoms with van der Waals surface area (Å²) in [5.41, 5.74) is 0.753. The van der Waals surface area contributed by atoms with Crippen LogP contribution in [0.3, 0.4) is 0 Å². The fourth-order valence-electron chi connectivity index (χ4n) is 5.35. The molecule has 1 aliphatic heterocycles. The van der Waals surface area contributed by atoms with Gasteiger partial charge in [-0.25, -0.2) is 13.3 Å². The lowest BCUT2D eigenvalue weighted by Crippen LogP contribution is -2.50. The molecule has 0 N–H and O–H groups in total. The molecule has 1 heterocycles. The average molecular weight is 502 g/mol. The minimum Gasteiger partial charge on any atom is -0.274 e. The van der Waals surface area contributed by atoms with Crippen molar-refractivity contribution in [3.8, 4) is 6.07 Å². The number of fused-ring (bicyclic) bond motifs is 1. The molecule has 7 nitrogen and oxygen atoms in total. The zero-order valence-electron chi connectivity index (χ0n) is 19.8. The Hall–Kier alpha value is -3.54. The Morgan fingerprint density at radius 1 is 0.861 bits per heavy atom. The largest absolute Gasteiger partial charge is 0.274 e. The van der Waals surface area contributed by atoms with Gasteiger partial charge in [-0.1, -0.05) is 56.0 Å². The van der Waals surface area contributed by atoms with Gasteiger partial charge in [0.05, 0.1) is 28.6 Å². The summed E-state index contributed by atoms with van der Waals surface area (Å²) in [5.74, 6) is -0.986. The Labute approximate surface area is 211 Å². The molecule has 1 saturated heterocycles. The van der Waals surface area contributed by atoms with Crippen LogP contribution < -0.4 is 4.90 Å². The standard InChI is InChI=1S/C28H27N3O4S/c29-19-20-11-14-23(15-12-20)30-27(32)18-26(28(30)33)31(24-9-3-1-2-4-10-24)36(34,35)25-16-13-21-7-5-6-8-22(21)17-25/h5-8,11-17,24,26H,1-4,9-10,18H2. The molecule has 0 spiro atoms. The van der Waals surface area contributed by atoms with E-state index < -0.39 is 27.9 Å². The summed E-state index contributed by atoms with van der Waals surface area (Å²) < 4.78 is 29.7. The first-order chi connectivity index (χ1) is 17.4. The molecule has 8 heteroatoms.